The Morgan fingerprint density at radius 3 is 2.50 bits per heavy atom. The fraction of sp³-hybridized carbons (Fsp3) is 0.867. The van der Waals surface area contributed by atoms with Gasteiger partial charge in [0.25, 0.3) is 0 Å². The van der Waals surface area contributed by atoms with Gasteiger partial charge in [-0.05, 0) is 26.7 Å². The molecule has 2 N–H and O–H groups in total. The summed E-state index contributed by atoms with van der Waals surface area (Å²) in [6.45, 7) is 4.80. The average Bonchev–Trinajstić information content (AvgIpc) is 2.45. The van der Waals surface area contributed by atoms with Crippen LogP contribution in [0.15, 0.2) is 0 Å². The van der Waals surface area contributed by atoms with Crippen LogP contribution in [0.25, 0.3) is 0 Å². The van der Waals surface area contributed by atoms with Crippen molar-refractivity contribution < 1.29 is 30.3 Å². The van der Waals surface area contributed by atoms with E-state index in [1.807, 2.05) is 6.92 Å². The minimum absolute atomic E-state index is 0.0716. The van der Waals surface area contributed by atoms with Crippen LogP contribution in [0.4, 0.5) is 0 Å². The SMILES string of the molecule is [2H]C(C)(C)NC(=O)CCCC(=O)OCC(OC)OC(CC)CO. The number of carbonyl (C=O) groups excluding carboxylic acids is 2. The molecular weight excluding hydrogens is 290 g/mol. The summed E-state index contributed by atoms with van der Waals surface area (Å²) < 4.78 is 23.0. The highest BCUT2D eigenvalue weighted by atomic mass is 16.7. The van der Waals surface area contributed by atoms with E-state index in [4.69, 9.17) is 20.7 Å². The standard InChI is InChI=1S/C15H29NO6/c1-5-12(9-17)22-15(20-4)10-21-14(19)8-6-7-13(18)16-11(2)3/h11-12,15,17H,5-10H2,1-4H3,(H,16,18)/i11D. The molecule has 0 spiro atoms. The predicted octanol–water partition coefficient (Wildman–Crippen LogP) is 0.984. The second kappa shape index (κ2) is 12.4. The summed E-state index contributed by atoms with van der Waals surface area (Å²) in [6.07, 6.45) is 0.113. The number of rotatable bonds is 12. The molecular formula is C15H29NO6. The van der Waals surface area contributed by atoms with Crippen LogP contribution in [0.1, 0.15) is 47.8 Å². The molecule has 0 bridgehead atoms. The maximum atomic E-state index is 11.6. The molecule has 0 aromatic rings. The normalized spacial score (nSPS) is 14.9. The lowest BCUT2D eigenvalue weighted by atomic mass is 10.2. The molecule has 0 aliphatic heterocycles. The molecule has 0 rings (SSSR count). The molecule has 2 atom stereocenters. The van der Waals surface area contributed by atoms with Gasteiger partial charge in [-0.3, -0.25) is 9.59 Å². The molecule has 0 aliphatic rings. The number of methoxy groups -OCH3 is 1. The Balaban J connectivity index is 3.94. The van der Waals surface area contributed by atoms with Crippen molar-refractivity contribution in [2.45, 2.75) is 64.9 Å². The number of hydrogen-bond acceptors (Lipinski definition) is 6. The summed E-state index contributed by atoms with van der Waals surface area (Å²) in [7, 11) is 1.43. The van der Waals surface area contributed by atoms with Crippen LogP contribution in [0, 0.1) is 0 Å². The predicted molar refractivity (Wildman–Crippen MR) is 81.1 cm³/mol. The number of amides is 1. The highest BCUT2D eigenvalue weighted by Crippen LogP contribution is 2.05. The Bertz CT molecular complexity index is 354. The molecule has 7 nitrogen and oxygen atoms in total. The van der Waals surface area contributed by atoms with Crippen LogP contribution >= 0.6 is 0 Å². The van der Waals surface area contributed by atoms with Gasteiger partial charge in [0.05, 0.1) is 14.1 Å². The Kier molecular flexibility index (Phi) is 10.6. The van der Waals surface area contributed by atoms with Crippen LogP contribution in [-0.4, -0.2) is 55.7 Å². The van der Waals surface area contributed by atoms with E-state index >= 15 is 0 Å². The number of esters is 1. The van der Waals surface area contributed by atoms with Gasteiger partial charge in [-0.2, -0.15) is 0 Å². The summed E-state index contributed by atoms with van der Waals surface area (Å²) in [5.74, 6) is -0.727. The molecule has 0 radical (unpaired) electrons. The number of aliphatic hydroxyl groups excluding tert-OH is 1. The van der Waals surface area contributed by atoms with Crippen molar-refractivity contribution in [1.29, 1.82) is 0 Å². The quantitative estimate of drug-likeness (QED) is 0.411. The largest absolute Gasteiger partial charge is 0.460 e. The third-order valence-corrected chi connectivity index (χ3v) is 2.82. The highest BCUT2D eigenvalue weighted by molar-refractivity contribution is 5.77. The molecule has 7 heteroatoms. The molecule has 0 aliphatic carbocycles. The zero-order valence-electron chi connectivity index (χ0n) is 14.9. The summed E-state index contributed by atoms with van der Waals surface area (Å²) >= 11 is 0. The molecule has 130 valence electrons. The van der Waals surface area contributed by atoms with Crippen molar-refractivity contribution in [2.75, 3.05) is 20.3 Å². The number of carbonyl (C=O) groups is 2. The third-order valence-electron chi connectivity index (χ3n) is 2.82. The smallest absolute Gasteiger partial charge is 0.305 e. The molecule has 0 aromatic carbocycles. The van der Waals surface area contributed by atoms with E-state index in [2.05, 4.69) is 5.32 Å². The maximum Gasteiger partial charge on any atom is 0.305 e. The van der Waals surface area contributed by atoms with Crippen LogP contribution in [-0.2, 0) is 23.8 Å². The Hall–Kier alpha value is -1.18. The maximum absolute atomic E-state index is 11.6. The van der Waals surface area contributed by atoms with Gasteiger partial charge in [0.2, 0.25) is 5.91 Å². The van der Waals surface area contributed by atoms with Crippen LogP contribution in [0.5, 0.6) is 0 Å². The Labute approximate surface area is 133 Å². The monoisotopic (exact) mass is 320 g/mol. The number of hydrogen-bond donors (Lipinski definition) is 2. The topological polar surface area (TPSA) is 94.1 Å². The van der Waals surface area contributed by atoms with Crippen molar-refractivity contribution in [3.05, 3.63) is 0 Å². The average molecular weight is 320 g/mol. The van der Waals surface area contributed by atoms with Gasteiger partial charge >= 0.3 is 5.97 Å². The number of aliphatic hydroxyl groups is 1. The highest BCUT2D eigenvalue weighted by Gasteiger charge is 2.16. The van der Waals surface area contributed by atoms with Gasteiger partial charge in [0.15, 0.2) is 6.29 Å². The van der Waals surface area contributed by atoms with Gasteiger partial charge in [0.1, 0.15) is 6.61 Å². The van der Waals surface area contributed by atoms with E-state index in [9.17, 15) is 9.59 Å². The van der Waals surface area contributed by atoms with Crippen LogP contribution in [0.2, 0.25) is 0 Å². The lowest BCUT2D eigenvalue weighted by Gasteiger charge is -2.21. The first-order valence-corrected chi connectivity index (χ1v) is 7.47. The Morgan fingerprint density at radius 1 is 1.32 bits per heavy atom. The minimum Gasteiger partial charge on any atom is -0.460 e. The summed E-state index contributed by atoms with van der Waals surface area (Å²) in [5, 5.41) is 11.6. The molecule has 0 saturated carbocycles. The number of ether oxygens (including phenoxy) is 3. The molecule has 0 fully saturated rings. The number of nitrogens with one attached hydrogen (secondary N) is 1. The van der Waals surface area contributed by atoms with E-state index in [1.165, 1.54) is 7.11 Å². The minimum atomic E-state index is -1.02. The molecule has 22 heavy (non-hydrogen) atoms. The van der Waals surface area contributed by atoms with E-state index in [-0.39, 0.29) is 38.1 Å². The fourth-order valence-electron chi connectivity index (χ4n) is 1.61. The van der Waals surface area contributed by atoms with E-state index in [1.54, 1.807) is 13.8 Å². The van der Waals surface area contributed by atoms with Gasteiger partial charge < -0.3 is 24.6 Å². The lowest BCUT2D eigenvalue weighted by Crippen LogP contribution is -2.31. The molecule has 0 aromatic heterocycles. The second-order valence-electron chi connectivity index (χ2n) is 5.10. The van der Waals surface area contributed by atoms with Crippen molar-refractivity contribution >= 4 is 11.9 Å². The Morgan fingerprint density at radius 2 is 2.00 bits per heavy atom. The van der Waals surface area contributed by atoms with E-state index < -0.39 is 18.3 Å². The van der Waals surface area contributed by atoms with Crippen molar-refractivity contribution in [1.82, 2.24) is 5.32 Å². The lowest BCUT2D eigenvalue weighted by molar-refractivity contribution is -0.194. The van der Waals surface area contributed by atoms with Gasteiger partial charge in [-0.25, -0.2) is 0 Å². The van der Waals surface area contributed by atoms with E-state index in [0.717, 1.165) is 0 Å². The van der Waals surface area contributed by atoms with Crippen molar-refractivity contribution in [2.24, 2.45) is 0 Å². The summed E-state index contributed by atoms with van der Waals surface area (Å²) in [6, 6.07) is -1.02. The fourth-order valence-corrected chi connectivity index (χ4v) is 1.61. The molecule has 1 amide bonds. The summed E-state index contributed by atoms with van der Waals surface area (Å²) in [4.78, 5) is 23.1. The van der Waals surface area contributed by atoms with Crippen LogP contribution < -0.4 is 5.32 Å². The zero-order chi connectivity index (χ0) is 17.9. The van der Waals surface area contributed by atoms with Crippen molar-refractivity contribution in [3.8, 4) is 0 Å². The zero-order valence-corrected chi connectivity index (χ0v) is 13.9. The molecule has 0 saturated heterocycles. The molecule has 0 heterocycles. The second-order valence-corrected chi connectivity index (χ2v) is 5.10. The first kappa shape index (κ1) is 18.9. The molecule has 2 unspecified atom stereocenters. The van der Waals surface area contributed by atoms with Crippen LogP contribution in [0.3, 0.4) is 0 Å². The van der Waals surface area contributed by atoms with E-state index in [0.29, 0.717) is 12.8 Å². The van der Waals surface area contributed by atoms with Gasteiger partial charge in [0, 0.05) is 26.0 Å². The van der Waals surface area contributed by atoms with Gasteiger partial charge in [-0.15, -0.1) is 0 Å². The summed E-state index contributed by atoms with van der Waals surface area (Å²) in [5.41, 5.74) is 0. The first-order chi connectivity index (χ1) is 10.7. The van der Waals surface area contributed by atoms with Crippen molar-refractivity contribution in [3.63, 3.8) is 0 Å². The third kappa shape index (κ3) is 10.5. The first-order valence-electron chi connectivity index (χ1n) is 7.97. The van der Waals surface area contributed by atoms with Gasteiger partial charge in [-0.1, -0.05) is 6.92 Å².